The van der Waals surface area contributed by atoms with E-state index in [9.17, 15) is 4.39 Å². The molecule has 2 rings (SSSR count). The molecule has 0 aliphatic carbocycles. The molecule has 0 amide bonds. The van der Waals surface area contributed by atoms with Gasteiger partial charge in [0.2, 0.25) is 0 Å². The lowest BCUT2D eigenvalue weighted by Crippen LogP contribution is -2.46. The lowest BCUT2D eigenvalue weighted by atomic mass is 10.2. The monoisotopic (exact) mass is 334 g/mol. The van der Waals surface area contributed by atoms with Crippen molar-refractivity contribution in [3.05, 3.63) is 34.1 Å². The molecule has 0 bridgehead atoms. The largest absolute Gasteiger partial charge is 0.300 e. The molecule has 0 spiro atoms. The summed E-state index contributed by atoms with van der Waals surface area (Å²) >= 11 is 9.11. The van der Waals surface area contributed by atoms with Gasteiger partial charge in [-0.2, -0.15) is 0 Å². The van der Waals surface area contributed by atoms with Crippen LogP contribution in [0, 0.1) is 5.82 Å². The topological polar surface area (TPSA) is 6.48 Å². The second kappa shape index (κ2) is 6.85. The van der Waals surface area contributed by atoms with Gasteiger partial charge in [-0.05, 0) is 18.2 Å². The number of alkyl halides is 1. The van der Waals surface area contributed by atoms with Gasteiger partial charge in [0, 0.05) is 55.2 Å². The predicted molar refractivity (Wildman–Crippen MR) is 76.5 cm³/mol. The Morgan fingerprint density at radius 3 is 2.50 bits per heavy atom. The molecule has 1 aliphatic heterocycles. The molecule has 0 unspecified atom stereocenters. The molecular weight excluding hydrogens is 319 g/mol. The third kappa shape index (κ3) is 3.92. The Labute approximate surface area is 121 Å². The first-order valence-electron chi connectivity index (χ1n) is 6.13. The van der Waals surface area contributed by atoms with E-state index in [-0.39, 0.29) is 5.82 Å². The SMILES string of the molecule is Fc1ccc(Br)cc1CN1CCN(CCCl)CC1. The molecule has 1 aliphatic rings. The van der Waals surface area contributed by atoms with Crippen molar-refractivity contribution in [3.63, 3.8) is 0 Å². The number of rotatable bonds is 4. The van der Waals surface area contributed by atoms with E-state index in [1.165, 1.54) is 6.07 Å². The van der Waals surface area contributed by atoms with Crippen LogP contribution in [0.4, 0.5) is 4.39 Å². The van der Waals surface area contributed by atoms with Crippen molar-refractivity contribution in [1.82, 2.24) is 9.80 Å². The third-order valence-corrected chi connectivity index (χ3v) is 3.93. The Kier molecular flexibility index (Phi) is 5.42. The van der Waals surface area contributed by atoms with Gasteiger partial charge in [0.05, 0.1) is 0 Å². The zero-order valence-electron chi connectivity index (χ0n) is 10.2. The molecule has 18 heavy (non-hydrogen) atoms. The number of piperazine rings is 1. The van der Waals surface area contributed by atoms with Gasteiger partial charge in [0.1, 0.15) is 5.82 Å². The van der Waals surface area contributed by atoms with Gasteiger partial charge < -0.3 is 0 Å². The smallest absolute Gasteiger partial charge is 0.127 e. The minimum Gasteiger partial charge on any atom is -0.300 e. The van der Waals surface area contributed by atoms with E-state index < -0.39 is 0 Å². The van der Waals surface area contributed by atoms with Crippen molar-refractivity contribution in [3.8, 4) is 0 Å². The van der Waals surface area contributed by atoms with E-state index in [1.54, 1.807) is 6.07 Å². The molecule has 0 atom stereocenters. The highest BCUT2D eigenvalue weighted by Crippen LogP contribution is 2.18. The maximum absolute atomic E-state index is 13.6. The van der Waals surface area contributed by atoms with Crippen molar-refractivity contribution in [1.29, 1.82) is 0 Å². The summed E-state index contributed by atoms with van der Waals surface area (Å²) in [4.78, 5) is 4.64. The van der Waals surface area contributed by atoms with Crippen LogP contribution in [0.15, 0.2) is 22.7 Å². The van der Waals surface area contributed by atoms with Gasteiger partial charge in [-0.3, -0.25) is 9.80 Å². The summed E-state index contributed by atoms with van der Waals surface area (Å²) in [6.07, 6.45) is 0. The fraction of sp³-hybridized carbons (Fsp3) is 0.538. The van der Waals surface area contributed by atoms with Gasteiger partial charge in [0.25, 0.3) is 0 Å². The summed E-state index contributed by atoms with van der Waals surface area (Å²) in [6.45, 7) is 5.61. The zero-order chi connectivity index (χ0) is 13.0. The van der Waals surface area contributed by atoms with E-state index in [4.69, 9.17) is 11.6 Å². The van der Waals surface area contributed by atoms with Crippen LogP contribution < -0.4 is 0 Å². The van der Waals surface area contributed by atoms with Gasteiger partial charge in [-0.25, -0.2) is 4.39 Å². The first-order valence-corrected chi connectivity index (χ1v) is 7.46. The highest BCUT2D eigenvalue weighted by molar-refractivity contribution is 9.10. The van der Waals surface area contributed by atoms with Crippen LogP contribution in [0.5, 0.6) is 0 Å². The molecular formula is C13H17BrClFN2. The summed E-state index contributed by atoms with van der Waals surface area (Å²) in [5.41, 5.74) is 0.759. The Morgan fingerprint density at radius 2 is 1.83 bits per heavy atom. The number of benzene rings is 1. The first-order chi connectivity index (χ1) is 8.69. The number of halogens is 3. The summed E-state index contributed by atoms with van der Waals surface area (Å²) in [6, 6.07) is 5.11. The zero-order valence-corrected chi connectivity index (χ0v) is 12.6. The predicted octanol–water partition coefficient (Wildman–Crippen LogP) is 2.94. The van der Waals surface area contributed by atoms with Crippen LogP contribution >= 0.6 is 27.5 Å². The number of hydrogen-bond acceptors (Lipinski definition) is 2. The Bertz CT molecular complexity index is 395. The van der Waals surface area contributed by atoms with Crippen LogP contribution in [0.2, 0.25) is 0 Å². The standard InChI is InChI=1S/C13H17BrClFN2/c14-12-1-2-13(16)11(9-12)10-18-7-5-17(4-3-15)6-8-18/h1-2,9H,3-8,10H2. The van der Waals surface area contributed by atoms with E-state index >= 15 is 0 Å². The van der Waals surface area contributed by atoms with Gasteiger partial charge in [-0.15, -0.1) is 11.6 Å². The van der Waals surface area contributed by atoms with Crippen LogP contribution in [0.25, 0.3) is 0 Å². The molecule has 1 aromatic carbocycles. The molecule has 1 saturated heterocycles. The van der Waals surface area contributed by atoms with E-state index in [0.29, 0.717) is 12.4 Å². The molecule has 0 radical (unpaired) electrons. The second-order valence-electron chi connectivity index (χ2n) is 4.54. The van der Waals surface area contributed by atoms with Crippen LogP contribution in [-0.2, 0) is 6.54 Å². The Hall–Kier alpha value is -0.160. The van der Waals surface area contributed by atoms with Crippen molar-refractivity contribution in [2.45, 2.75) is 6.54 Å². The summed E-state index contributed by atoms with van der Waals surface area (Å²) in [7, 11) is 0. The molecule has 0 N–H and O–H groups in total. The van der Waals surface area contributed by atoms with Crippen LogP contribution in [-0.4, -0.2) is 48.4 Å². The number of nitrogens with zero attached hydrogens (tertiary/aromatic N) is 2. The summed E-state index contributed by atoms with van der Waals surface area (Å²) < 4.78 is 14.6. The van der Waals surface area contributed by atoms with Crippen LogP contribution in [0.1, 0.15) is 5.56 Å². The average Bonchev–Trinajstić information content (AvgIpc) is 2.37. The van der Waals surface area contributed by atoms with Crippen LogP contribution in [0.3, 0.4) is 0 Å². The van der Waals surface area contributed by atoms with Crippen molar-refractivity contribution < 1.29 is 4.39 Å². The third-order valence-electron chi connectivity index (χ3n) is 3.27. The van der Waals surface area contributed by atoms with Gasteiger partial charge in [-0.1, -0.05) is 15.9 Å². The van der Waals surface area contributed by atoms with Crippen molar-refractivity contribution in [2.75, 3.05) is 38.6 Å². The first kappa shape index (κ1) is 14.3. The lowest BCUT2D eigenvalue weighted by molar-refractivity contribution is 0.131. The normalized spacial score (nSPS) is 18.2. The highest BCUT2D eigenvalue weighted by atomic mass is 79.9. The maximum Gasteiger partial charge on any atom is 0.127 e. The minimum absolute atomic E-state index is 0.124. The minimum atomic E-state index is -0.124. The lowest BCUT2D eigenvalue weighted by Gasteiger charge is -2.34. The fourth-order valence-electron chi connectivity index (χ4n) is 2.20. The van der Waals surface area contributed by atoms with Crippen molar-refractivity contribution in [2.24, 2.45) is 0 Å². The maximum atomic E-state index is 13.6. The van der Waals surface area contributed by atoms with Gasteiger partial charge >= 0.3 is 0 Å². The molecule has 1 heterocycles. The van der Waals surface area contributed by atoms with Crippen molar-refractivity contribution >= 4 is 27.5 Å². The average molecular weight is 336 g/mol. The summed E-state index contributed by atoms with van der Waals surface area (Å²) in [5, 5.41) is 0. The quantitative estimate of drug-likeness (QED) is 0.781. The van der Waals surface area contributed by atoms with E-state index in [0.717, 1.165) is 42.8 Å². The molecule has 100 valence electrons. The molecule has 1 fully saturated rings. The molecule has 0 aromatic heterocycles. The van der Waals surface area contributed by atoms with Gasteiger partial charge in [0.15, 0.2) is 0 Å². The molecule has 2 nitrogen and oxygen atoms in total. The Balaban J connectivity index is 1.89. The molecule has 0 saturated carbocycles. The van der Waals surface area contributed by atoms with E-state index in [1.807, 2.05) is 6.07 Å². The second-order valence-corrected chi connectivity index (χ2v) is 5.84. The summed E-state index contributed by atoms with van der Waals surface area (Å²) in [5.74, 6) is 0.557. The number of hydrogen-bond donors (Lipinski definition) is 0. The Morgan fingerprint density at radius 1 is 1.17 bits per heavy atom. The molecule has 1 aromatic rings. The molecule has 5 heteroatoms. The fourth-order valence-corrected chi connectivity index (χ4v) is 2.84. The van der Waals surface area contributed by atoms with E-state index in [2.05, 4.69) is 25.7 Å². The highest BCUT2D eigenvalue weighted by Gasteiger charge is 2.17.